The monoisotopic (exact) mass is 297 g/mol. The van der Waals surface area contributed by atoms with Gasteiger partial charge in [0.1, 0.15) is 17.6 Å². The van der Waals surface area contributed by atoms with Crippen LogP contribution in [-0.4, -0.2) is 18.1 Å². The highest BCUT2D eigenvalue weighted by Gasteiger charge is 2.34. The molecule has 6 heteroatoms. The molecule has 21 heavy (non-hydrogen) atoms. The first-order chi connectivity index (χ1) is 9.73. The Morgan fingerprint density at radius 2 is 1.95 bits per heavy atom. The molecule has 0 atom stereocenters. The van der Waals surface area contributed by atoms with Gasteiger partial charge >= 0.3 is 6.18 Å². The second-order valence-electron chi connectivity index (χ2n) is 6.18. The van der Waals surface area contributed by atoms with Gasteiger partial charge in [-0.1, -0.05) is 13.8 Å². The Bertz CT molecular complexity index is 558. The third-order valence-electron chi connectivity index (χ3n) is 3.93. The molecule has 0 bridgehead atoms. The van der Waals surface area contributed by atoms with E-state index in [9.17, 15) is 13.2 Å². The molecular formula is C15H18F3N3. The van der Waals surface area contributed by atoms with Gasteiger partial charge in [-0.2, -0.15) is 18.4 Å². The van der Waals surface area contributed by atoms with E-state index < -0.39 is 11.9 Å². The Kier molecular flexibility index (Phi) is 4.13. The zero-order chi connectivity index (χ0) is 15.7. The fourth-order valence-electron chi connectivity index (χ4n) is 2.57. The molecule has 114 valence electrons. The van der Waals surface area contributed by atoms with E-state index in [2.05, 4.69) is 18.8 Å². The summed E-state index contributed by atoms with van der Waals surface area (Å²) < 4.78 is 38.4. The first-order valence-electron chi connectivity index (χ1n) is 6.96. The smallest absolute Gasteiger partial charge is 0.355 e. The van der Waals surface area contributed by atoms with E-state index in [1.54, 1.807) is 0 Å². The van der Waals surface area contributed by atoms with Crippen molar-refractivity contribution in [3.05, 3.63) is 23.4 Å². The molecule has 0 aromatic carbocycles. The number of pyridine rings is 1. The van der Waals surface area contributed by atoms with Gasteiger partial charge in [0.25, 0.3) is 0 Å². The summed E-state index contributed by atoms with van der Waals surface area (Å²) in [4.78, 5) is 5.51. The van der Waals surface area contributed by atoms with E-state index in [4.69, 9.17) is 5.26 Å². The van der Waals surface area contributed by atoms with Crippen LogP contribution in [0.5, 0.6) is 0 Å². The summed E-state index contributed by atoms with van der Waals surface area (Å²) in [6.07, 6.45) is -1.72. The molecule has 0 amide bonds. The van der Waals surface area contributed by atoms with Gasteiger partial charge in [-0.05, 0) is 36.8 Å². The van der Waals surface area contributed by atoms with Crippen molar-refractivity contribution >= 4 is 5.82 Å². The van der Waals surface area contributed by atoms with Crippen LogP contribution in [0.3, 0.4) is 0 Å². The summed E-state index contributed by atoms with van der Waals surface area (Å²) in [5.74, 6) is 0.157. The number of alkyl halides is 3. The van der Waals surface area contributed by atoms with Crippen molar-refractivity contribution < 1.29 is 13.2 Å². The molecule has 2 heterocycles. The number of rotatable bonds is 1. The van der Waals surface area contributed by atoms with Gasteiger partial charge in [0.05, 0.1) is 5.56 Å². The lowest BCUT2D eigenvalue weighted by Gasteiger charge is -2.25. The first kappa shape index (κ1) is 15.6. The zero-order valence-corrected chi connectivity index (χ0v) is 12.2. The molecule has 1 aromatic heterocycles. The minimum atomic E-state index is -4.49. The van der Waals surface area contributed by atoms with Crippen molar-refractivity contribution in [2.45, 2.75) is 39.3 Å². The van der Waals surface area contributed by atoms with Crippen LogP contribution in [0.4, 0.5) is 19.0 Å². The number of anilines is 1. The van der Waals surface area contributed by atoms with Crippen LogP contribution >= 0.6 is 0 Å². The van der Waals surface area contributed by atoms with Crippen molar-refractivity contribution in [1.29, 1.82) is 5.26 Å². The standard InChI is InChI=1S/C15H18F3N3/c1-14(2)6-3-8-21(9-7-14)13-11(10-19)4-5-12(20-13)15(16,17)18/h4-5H,3,6-9H2,1-2H3. The quantitative estimate of drug-likeness (QED) is 0.787. The largest absolute Gasteiger partial charge is 0.433 e. The van der Waals surface area contributed by atoms with E-state index in [1.165, 1.54) is 6.07 Å². The molecule has 0 saturated carbocycles. The van der Waals surface area contributed by atoms with E-state index in [0.717, 1.165) is 25.3 Å². The van der Waals surface area contributed by atoms with E-state index in [-0.39, 0.29) is 16.8 Å². The summed E-state index contributed by atoms with van der Waals surface area (Å²) in [5.41, 5.74) is -0.578. The molecule has 1 aromatic rings. The molecular weight excluding hydrogens is 279 g/mol. The van der Waals surface area contributed by atoms with Crippen LogP contribution in [0.1, 0.15) is 44.4 Å². The molecule has 3 nitrogen and oxygen atoms in total. The van der Waals surface area contributed by atoms with Gasteiger partial charge in [-0.3, -0.25) is 0 Å². The third-order valence-corrected chi connectivity index (χ3v) is 3.93. The fraction of sp³-hybridized carbons (Fsp3) is 0.600. The zero-order valence-electron chi connectivity index (χ0n) is 12.2. The van der Waals surface area contributed by atoms with E-state index in [0.29, 0.717) is 13.1 Å². The van der Waals surface area contributed by atoms with Crippen molar-refractivity contribution in [1.82, 2.24) is 4.98 Å². The highest BCUT2D eigenvalue weighted by Crippen LogP contribution is 2.34. The second kappa shape index (κ2) is 5.55. The van der Waals surface area contributed by atoms with Crippen LogP contribution in [0.15, 0.2) is 12.1 Å². The Labute approximate surface area is 122 Å². The molecule has 0 aliphatic carbocycles. The minimum absolute atomic E-state index is 0.157. The molecule has 1 saturated heterocycles. The molecule has 1 aliphatic rings. The van der Waals surface area contributed by atoms with Gasteiger partial charge < -0.3 is 4.90 Å². The third kappa shape index (κ3) is 3.66. The van der Waals surface area contributed by atoms with E-state index >= 15 is 0 Å². The topological polar surface area (TPSA) is 39.9 Å². The van der Waals surface area contributed by atoms with Crippen LogP contribution in [0, 0.1) is 16.7 Å². The van der Waals surface area contributed by atoms with Crippen molar-refractivity contribution in [3.8, 4) is 6.07 Å². The van der Waals surface area contributed by atoms with Crippen LogP contribution in [0.25, 0.3) is 0 Å². The maximum atomic E-state index is 12.8. The number of hydrogen-bond donors (Lipinski definition) is 0. The Balaban J connectivity index is 2.35. The summed E-state index contributed by atoms with van der Waals surface area (Å²) in [7, 11) is 0. The lowest BCUT2D eigenvalue weighted by Crippen LogP contribution is -2.27. The summed E-state index contributed by atoms with van der Waals surface area (Å²) in [6.45, 7) is 5.56. The predicted octanol–water partition coefficient (Wildman–Crippen LogP) is 3.99. The first-order valence-corrected chi connectivity index (χ1v) is 6.96. The van der Waals surface area contributed by atoms with Gasteiger partial charge in [-0.15, -0.1) is 0 Å². The number of nitriles is 1. The lowest BCUT2D eigenvalue weighted by atomic mass is 9.85. The number of halogens is 3. The number of hydrogen-bond acceptors (Lipinski definition) is 3. The highest BCUT2D eigenvalue weighted by molar-refractivity contribution is 5.54. The molecule has 2 rings (SSSR count). The van der Waals surface area contributed by atoms with Crippen molar-refractivity contribution in [2.24, 2.45) is 5.41 Å². The lowest BCUT2D eigenvalue weighted by molar-refractivity contribution is -0.141. The molecule has 0 unspecified atom stereocenters. The maximum absolute atomic E-state index is 12.8. The minimum Gasteiger partial charge on any atom is -0.355 e. The van der Waals surface area contributed by atoms with Crippen LogP contribution < -0.4 is 4.90 Å². The number of nitrogens with zero attached hydrogens (tertiary/aromatic N) is 3. The van der Waals surface area contributed by atoms with Gasteiger partial charge in [0.15, 0.2) is 0 Å². The summed E-state index contributed by atoms with van der Waals surface area (Å²) >= 11 is 0. The van der Waals surface area contributed by atoms with Crippen molar-refractivity contribution in [3.63, 3.8) is 0 Å². The normalized spacial score (nSPS) is 19.0. The summed E-state index contributed by atoms with van der Waals surface area (Å²) in [5, 5.41) is 9.12. The highest BCUT2D eigenvalue weighted by atomic mass is 19.4. The Morgan fingerprint density at radius 1 is 1.24 bits per heavy atom. The fourth-order valence-corrected chi connectivity index (χ4v) is 2.57. The van der Waals surface area contributed by atoms with Gasteiger partial charge in [0.2, 0.25) is 0 Å². The molecule has 0 N–H and O–H groups in total. The molecule has 1 aliphatic heterocycles. The van der Waals surface area contributed by atoms with Gasteiger partial charge in [0, 0.05) is 13.1 Å². The Morgan fingerprint density at radius 3 is 2.57 bits per heavy atom. The predicted molar refractivity (Wildman–Crippen MR) is 73.8 cm³/mol. The average molecular weight is 297 g/mol. The average Bonchev–Trinajstić information content (AvgIpc) is 2.58. The summed E-state index contributed by atoms with van der Waals surface area (Å²) in [6, 6.07) is 4.02. The molecule has 0 radical (unpaired) electrons. The molecule has 1 fully saturated rings. The second-order valence-corrected chi connectivity index (χ2v) is 6.18. The van der Waals surface area contributed by atoms with Crippen LogP contribution in [0.2, 0.25) is 0 Å². The van der Waals surface area contributed by atoms with Gasteiger partial charge in [-0.25, -0.2) is 4.98 Å². The maximum Gasteiger partial charge on any atom is 0.433 e. The SMILES string of the molecule is CC1(C)CCCN(c2nc(C(F)(F)F)ccc2C#N)CC1. The van der Waals surface area contributed by atoms with Crippen molar-refractivity contribution in [2.75, 3.05) is 18.0 Å². The Hall–Kier alpha value is -1.77. The molecule has 0 spiro atoms. The van der Waals surface area contributed by atoms with Crippen LogP contribution in [-0.2, 0) is 6.18 Å². The van der Waals surface area contributed by atoms with E-state index in [1.807, 2.05) is 11.0 Å². The number of aromatic nitrogens is 1.